The maximum atomic E-state index is 13.6. The van der Waals surface area contributed by atoms with Crippen molar-refractivity contribution in [3.63, 3.8) is 0 Å². The molecule has 1 aromatic carbocycles. The molecule has 0 radical (unpaired) electrons. The molecule has 4 aromatic rings. The van der Waals surface area contributed by atoms with E-state index in [0.717, 1.165) is 71.6 Å². The zero-order chi connectivity index (χ0) is 28.0. The zero-order valence-corrected chi connectivity index (χ0v) is 23.6. The first-order valence-corrected chi connectivity index (χ1v) is 14.2. The van der Waals surface area contributed by atoms with E-state index in [1.165, 1.54) is 0 Å². The van der Waals surface area contributed by atoms with Gasteiger partial charge in [-0.15, -0.1) is 5.10 Å². The Kier molecular flexibility index (Phi) is 6.76. The molecule has 9 nitrogen and oxygen atoms in total. The molecule has 1 aliphatic carbocycles. The molecular weight excluding hydrogens is 506 g/mol. The molecule has 208 valence electrons. The van der Waals surface area contributed by atoms with Gasteiger partial charge in [-0.3, -0.25) is 9.59 Å². The third kappa shape index (κ3) is 4.82. The number of nitrogens with zero attached hydrogens (tertiary/aromatic N) is 5. The van der Waals surface area contributed by atoms with Crippen LogP contribution in [0.2, 0.25) is 0 Å². The predicted octanol–water partition coefficient (Wildman–Crippen LogP) is 5.25. The Morgan fingerprint density at radius 3 is 2.45 bits per heavy atom. The van der Waals surface area contributed by atoms with Gasteiger partial charge in [0.15, 0.2) is 11.6 Å². The van der Waals surface area contributed by atoms with E-state index in [1.54, 1.807) is 4.52 Å². The summed E-state index contributed by atoms with van der Waals surface area (Å²) < 4.78 is 13.3. The molecule has 0 spiro atoms. The lowest BCUT2D eigenvalue weighted by molar-refractivity contribution is -0.185. The van der Waals surface area contributed by atoms with Crippen molar-refractivity contribution in [3.05, 3.63) is 64.6 Å². The van der Waals surface area contributed by atoms with Gasteiger partial charge in [0, 0.05) is 29.8 Å². The van der Waals surface area contributed by atoms with Crippen molar-refractivity contribution in [1.29, 1.82) is 0 Å². The highest BCUT2D eigenvalue weighted by Crippen LogP contribution is 2.45. The summed E-state index contributed by atoms with van der Waals surface area (Å²) in [6.07, 6.45) is 5.89. The summed E-state index contributed by atoms with van der Waals surface area (Å²) in [6, 6.07) is 10.3. The van der Waals surface area contributed by atoms with Crippen LogP contribution in [0.25, 0.3) is 16.9 Å². The average molecular weight is 542 g/mol. The molecular formula is C31H35N5O4. The number of esters is 1. The number of carbonyl (C=O) groups is 2. The van der Waals surface area contributed by atoms with Gasteiger partial charge in [-0.1, -0.05) is 42.3 Å². The van der Waals surface area contributed by atoms with Crippen LogP contribution in [0, 0.1) is 39.5 Å². The Hall–Kier alpha value is -3.88. The zero-order valence-electron chi connectivity index (χ0n) is 23.6. The van der Waals surface area contributed by atoms with Gasteiger partial charge in [0.25, 0.3) is 5.78 Å². The second-order valence-corrected chi connectivity index (χ2v) is 11.5. The number of benzene rings is 1. The van der Waals surface area contributed by atoms with E-state index in [2.05, 4.69) is 44.5 Å². The number of rotatable bonds is 7. The molecule has 6 rings (SSSR count). The molecule has 40 heavy (non-hydrogen) atoms. The Labute approximate surface area is 233 Å². The number of aryl methyl sites for hydroxylation is 5. The van der Waals surface area contributed by atoms with Gasteiger partial charge in [0.2, 0.25) is 0 Å². The molecule has 1 aliphatic heterocycles. The lowest BCUT2D eigenvalue weighted by Crippen LogP contribution is -2.52. The predicted molar refractivity (Wildman–Crippen MR) is 148 cm³/mol. The maximum Gasteiger partial charge on any atom is 0.317 e. The van der Waals surface area contributed by atoms with Crippen LogP contribution >= 0.6 is 0 Å². The summed E-state index contributed by atoms with van der Waals surface area (Å²) in [4.78, 5) is 35.9. The highest BCUT2D eigenvalue weighted by Gasteiger charge is 2.51. The van der Waals surface area contributed by atoms with Gasteiger partial charge in [-0.25, -0.2) is 9.50 Å². The first-order valence-electron chi connectivity index (χ1n) is 14.2. The van der Waals surface area contributed by atoms with E-state index in [0.29, 0.717) is 18.0 Å². The summed E-state index contributed by atoms with van der Waals surface area (Å²) in [6.45, 7) is 7.69. The van der Waals surface area contributed by atoms with E-state index in [1.807, 2.05) is 33.8 Å². The van der Waals surface area contributed by atoms with Crippen LogP contribution in [-0.2, 0) is 27.2 Å². The topological polar surface area (TPSA) is 112 Å². The van der Waals surface area contributed by atoms with E-state index >= 15 is 0 Å². The molecule has 2 unspecified atom stereocenters. The number of aromatic nitrogens is 5. The fraction of sp³-hybridized carbons (Fsp3) is 0.484. The minimum atomic E-state index is -0.886. The second kappa shape index (κ2) is 10.3. The van der Waals surface area contributed by atoms with Crippen molar-refractivity contribution in [2.75, 3.05) is 0 Å². The van der Waals surface area contributed by atoms with Crippen molar-refractivity contribution in [1.82, 2.24) is 24.7 Å². The smallest absolute Gasteiger partial charge is 0.317 e. The van der Waals surface area contributed by atoms with Crippen LogP contribution in [0.4, 0.5) is 0 Å². The molecule has 1 saturated carbocycles. The van der Waals surface area contributed by atoms with Crippen LogP contribution < -0.4 is 0 Å². The monoisotopic (exact) mass is 541 g/mol. The normalized spacial score (nSPS) is 21.9. The number of ketones is 1. The van der Waals surface area contributed by atoms with Gasteiger partial charge >= 0.3 is 5.97 Å². The third-order valence-electron chi connectivity index (χ3n) is 8.71. The fourth-order valence-electron chi connectivity index (χ4n) is 6.64. The number of hydrogen-bond donors (Lipinski definition) is 0. The van der Waals surface area contributed by atoms with Crippen LogP contribution in [-0.4, -0.2) is 42.1 Å². The van der Waals surface area contributed by atoms with Crippen LogP contribution in [0.15, 0.2) is 34.9 Å². The number of ether oxygens (including phenoxy) is 1. The number of fused-ring (bicyclic) bond motifs is 1. The Morgan fingerprint density at radius 2 is 1.77 bits per heavy atom. The molecule has 0 amide bonds. The van der Waals surface area contributed by atoms with Gasteiger partial charge in [-0.2, -0.15) is 4.98 Å². The average Bonchev–Trinajstić information content (AvgIpc) is 3.66. The molecule has 0 N–H and O–H groups in total. The summed E-state index contributed by atoms with van der Waals surface area (Å²) in [5.74, 6) is 0.503. The SMILES string of the molecule is Cc1cc(C)n2nc(CC3C(=O)CC(CCc4ccc(-c5c(C)noc5C)cc4)(C4CCCC4)OC3=O)nc2n1. The van der Waals surface area contributed by atoms with Gasteiger partial charge in [-0.05, 0) is 76.5 Å². The highest BCUT2D eigenvalue weighted by atomic mass is 16.6. The summed E-state index contributed by atoms with van der Waals surface area (Å²) in [5.41, 5.74) is 5.08. The molecule has 1 saturated heterocycles. The minimum Gasteiger partial charge on any atom is -0.458 e. The minimum absolute atomic E-state index is 0.0726. The Morgan fingerprint density at radius 1 is 1.02 bits per heavy atom. The summed E-state index contributed by atoms with van der Waals surface area (Å²) in [7, 11) is 0. The molecule has 4 heterocycles. The van der Waals surface area contributed by atoms with Crippen molar-refractivity contribution >= 4 is 17.5 Å². The standard InChI is InChI=1S/C31H35N5O4/c1-18-15-19(2)36-30(32-18)33-27(34-36)16-25-26(37)17-31(39-29(25)38,24-7-5-6-8-24)14-13-22-9-11-23(12-10-22)28-20(3)35-40-21(28)4/h9-12,15,24-25H,5-8,13-14,16-17H2,1-4H3. The quantitative estimate of drug-likeness (QED) is 0.230. The molecule has 2 atom stereocenters. The van der Waals surface area contributed by atoms with Crippen LogP contribution in [0.1, 0.15) is 72.8 Å². The molecule has 2 aliphatic rings. The number of Topliss-reactive ketones (excluding diaryl/α,β-unsaturated/α-hetero) is 1. The van der Waals surface area contributed by atoms with Crippen molar-refractivity contribution < 1.29 is 18.8 Å². The lowest BCUT2D eigenvalue weighted by Gasteiger charge is -2.43. The third-order valence-corrected chi connectivity index (χ3v) is 8.71. The van der Waals surface area contributed by atoms with E-state index < -0.39 is 17.5 Å². The van der Waals surface area contributed by atoms with Gasteiger partial charge in [0.1, 0.15) is 17.3 Å². The number of cyclic esters (lactones) is 1. The summed E-state index contributed by atoms with van der Waals surface area (Å²) in [5, 5.41) is 8.58. The highest BCUT2D eigenvalue weighted by molar-refractivity contribution is 6.01. The van der Waals surface area contributed by atoms with Crippen LogP contribution in [0.3, 0.4) is 0 Å². The summed E-state index contributed by atoms with van der Waals surface area (Å²) >= 11 is 0. The van der Waals surface area contributed by atoms with E-state index in [-0.39, 0.29) is 24.5 Å². The van der Waals surface area contributed by atoms with E-state index in [4.69, 9.17) is 9.26 Å². The molecule has 2 fully saturated rings. The van der Waals surface area contributed by atoms with Crippen molar-refractivity contribution in [3.8, 4) is 11.1 Å². The van der Waals surface area contributed by atoms with Gasteiger partial charge < -0.3 is 9.26 Å². The Bertz CT molecular complexity index is 1540. The number of carbonyl (C=O) groups excluding carboxylic acids is 2. The van der Waals surface area contributed by atoms with E-state index in [9.17, 15) is 9.59 Å². The fourth-order valence-corrected chi connectivity index (χ4v) is 6.64. The second-order valence-electron chi connectivity index (χ2n) is 11.5. The lowest BCUT2D eigenvalue weighted by atomic mass is 9.73. The Balaban J connectivity index is 1.19. The first kappa shape index (κ1) is 26.3. The first-order chi connectivity index (χ1) is 19.2. The molecule has 3 aromatic heterocycles. The van der Waals surface area contributed by atoms with Crippen molar-refractivity contribution in [2.24, 2.45) is 11.8 Å². The van der Waals surface area contributed by atoms with Crippen LogP contribution in [0.5, 0.6) is 0 Å². The van der Waals surface area contributed by atoms with Crippen molar-refractivity contribution in [2.45, 2.75) is 84.7 Å². The molecule has 9 heteroatoms. The largest absolute Gasteiger partial charge is 0.458 e. The van der Waals surface area contributed by atoms with Gasteiger partial charge in [0.05, 0.1) is 5.69 Å². The molecule has 0 bridgehead atoms. The number of hydrogen-bond acceptors (Lipinski definition) is 8. The maximum absolute atomic E-state index is 13.6.